The maximum Gasteiger partial charge on any atom is 0.252 e. The third-order valence-electron chi connectivity index (χ3n) is 7.90. The van der Waals surface area contributed by atoms with Gasteiger partial charge in [-0.2, -0.15) is 5.26 Å². The van der Waals surface area contributed by atoms with E-state index in [2.05, 4.69) is 5.32 Å². The van der Waals surface area contributed by atoms with Crippen LogP contribution in [-0.2, 0) is 14.4 Å². The lowest BCUT2D eigenvalue weighted by Gasteiger charge is -2.39. The van der Waals surface area contributed by atoms with Crippen molar-refractivity contribution in [2.24, 2.45) is 11.5 Å². The molecular weight excluding hydrogens is 622 g/mol. The number of anilines is 2. The number of amides is 5. The number of halogens is 3. The van der Waals surface area contributed by atoms with E-state index in [1.165, 1.54) is 41.3 Å². The van der Waals surface area contributed by atoms with Gasteiger partial charge in [-0.05, 0) is 48.9 Å². The van der Waals surface area contributed by atoms with E-state index in [1.54, 1.807) is 24.3 Å². The lowest BCUT2D eigenvalue weighted by Crippen LogP contribution is -2.56. The first-order chi connectivity index (χ1) is 21.8. The van der Waals surface area contributed by atoms with Crippen molar-refractivity contribution >= 4 is 52.5 Å². The van der Waals surface area contributed by atoms with Gasteiger partial charge in [0, 0.05) is 58.4 Å². The fraction of sp³-hybridized carbons (Fsp3) is 0.250. The van der Waals surface area contributed by atoms with Gasteiger partial charge in [0.15, 0.2) is 0 Å². The first kappa shape index (κ1) is 32.1. The van der Waals surface area contributed by atoms with Crippen molar-refractivity contribution in [3.05, 3.63) is 94.0 Å². The third kappa shape index (κ3) is 6.38. The number of nitrogens with two attached hydrogens (primary N) is 2. The predicted octanol–water partition coefficient (Wildman–Crippen LogP) is 3.59. The molecule has 3 aromatic rings. The van der Waals surface area contributed by atoms with Crippen LogP contribution in [0.4, 0.5) is 20.2 Å². The Morgan fingerprint density at radius 1 is 1.00 bits per heavy atom. The van der Waals surface area contributed by atoms with Crippen LogP contribution in [0, 0.1) is 11.3 Å². The minimum absolute atomic E-state index is 0.00512. The normalized spacial score (nSPS) is 17.8. The van der Waals surface area contributed by atoms with Gasteiger partial charge in [0.1, 0.15) is 12.1 Å². The van der Waals surface area contributed by atoms with Crippen LogP contribution in [0.25, 0.3) is 0 Å². The zero-order valence-corrected chi connectivity index (χ0v) is 24.8. The van der Waals surface area contributed by atoms with E-state index in [1.807, 2.05) is 6.07 Å². The topological polar surface area (TPSA) is 180 Å². The minimum atomic E-state index is -2.97. The average Bonchev–Trinajstić information content (AvgIpc) is 3.40. The first-order valence-corrected chi connectivity index (χ1v) is 14.5. The Hall–Kier alpha value is -5.35. The van der Waals surface area contributed by atoms with Crippen LogP contribution < -0.4 is 26.6 Å². The van der Waals surface area contributed by atoms with Crippen LogP contribution in [0.1, 0.15) is 63.6 Å². The Kier molecular flexibility index (Phi) is 8.76. The van der Waals surface area contributed by atoms with Gasteiger partial charge < -0.3 is 16.8 Å². The molecule has 14 heteroatoms. The summed E-state index contributed by atoms with van der Waals surface area (Å²) in [5.41, 5.74) is 11.0. The standard InChI is InChI=1S/C32H27ClF2N6O5/c33-24-7-2-1-6-23(24)27(30(45)39-20-14-32(34,35)15-20)41(22-12-18(28(37)43)11-19(13-22)29(38)44)31(46)25-8-9-26(42)40(25)21-5-3-4-17(10-21)16-36/h1-7,10-13,20,25,27H,8-9,14-15H2,(H2,37,43)(H2,38,44)(H,39,45)/t25-,27?/m0/s1. The van der Waals surface area contributed by atoms with Crippen molar-refractivity contribution in [1.29, 1.82) is 5.26 Å². The highest BCUT2D eigenvalue weighted by Gasteiger charge is 2.48. The van der Waals surface area contributed by atoms with Crippen molar-refractivity contribution in [2.75, 3.05) is 9.80 Å². The summed E-state index contributed by atoms with van der Waals surface area (Å²) in [7, 11) is 0. The largest absolute Gasteiger partial charge is 0.366 e. The van der Waals surface area contributed by atoms with E-state index in [-0.39, 0.29) is 51.5 Å². The fourth-order valence-electron chi connectivity index (χ4n) is 5.70. The molecule has 0 spiro atoms. The SMILES string of the molecule is N#Cc1cccc(N2C(=O)CC[C@H]2C(=O)N(c2cc(C(N)=O)cc(C(N)=O)c2)C(C(=O)NC2CC(F)(F)C2)c2ccccc2Cl)c1. The van der Waals surface area contributed by atoms with Crippen LogP contribution in [0.3, 0.4) is 0 Å². The summed E-state index contributed by atoms with van der Waals surface area (Å²) in [5, 5.41) is 12.0. The molecule has 1 heterocycles. The van der Waals surface area contributed by atoms with Gasteiger partial charge in [-0.3, -0.25) is 33.8 Å². The molecule has 2 fully saturated rings. The molecule has 3 aromatic carbocycles. The second-order valence-electron chi connectivity index (χ2n) is 11.1. The maximum absolute atomic E-state index is 14.8. The van der Waals surface area contributed by atoms with Crippen LogP contribution in [-0.4, -0.2) is 47.5 Å². The zero-order valence-electron chi connectivity index (χ0n) is 24.1. The summed E-state index contributed by atoms with van der Waals surface area (Å²) in [6.45, 7) is 0. The molecule has 5 amide bonds. The van der Waals surface area contributed by atoms with E-state index in [9.17, 15) is 38.0 Å². The predicted molar refractivity (Wildman–Crippen MR) is 163 cm³/mol. The van der Waals surface area contributed by atoms with Crippen molar-refractivity contribution in [2.45, 2.75) is 49.7 Å². The molecule has 1 aliphatic carbocycles. The minimum Gasteiger partial charge on any atom is -0.366 e. The number of primary amides is 2. The molecule has 0 bridgehead atoms. The molecule has 46 heavy (non-hydrogen) atoms. The number of hydrogen-bond donors (Lipinski definition) is 3. The molecular formula is C32H27ClF2N6O5. The van der Waals surface area contributed by atoms with E-state index < -0.39 is 66.4 Å². The molecule has 0 aromatic heterocycles. The number of nitrogens with one attached hydrogen (secondary N) is 1. The number of rotatable bonds is 9. The summed E-state index contributed by atoms with van der Waals surface area (Å²) in [6.07, 6.45) is -1.31. The van der Waals surface area contributed by atoms with E-state index in [0.717, 1.165) is 11.0 Å². The van der Waals surface area contributed by atoms with Crippen molar-refractivity contribution in [3.63, 3.8) is 0 Å². The third-order valence-corrected chi connectivity index (χ3v) is 8.24. The summed E-state index contributed by atoms with van der Waals surface area (Å²) in [6, 6.07) is 13.8. The number of nitrogens with zero attached hydrogens (tertiary/aromatic N) is 3. The van der Waals surface area contributed by atoms with Crippen molar-refractivity contribution < 1.29 is 32.8 Å². The Balaban J connectivity index is 1.70. The zero-order chi connectivity index (χ0) is 33.3. The molecule has 1 saturated heterocycles. The Labute approximate surface area is 266 Å². The van der Waals surface area contributed by atoms with Gasteiger partial charge in [-0.1, -0.05) is 35.9 Å². The first-order valence-electron chi connectivity index (χ1n) is 14.1. The van der Waals surface area contributed by atoms with Crippen LogP contribution in [0.2, 0.25) is 5.02 Å². The highest BCUT2D eigenvalue weighted by Crippen LogP contribution is 2.40. The summed E-state index contributed by atoms with van der Waals surface area (Å²) >= 11 is 6.55. The maximum atomic E-state index is 14.8. The number of hydrogen-bond acceptors (Lipinski definition) is 6. The quantitative estimate of drug-likeness (QED) is 0.319. The van der Waals surface area contributed by atoms with E-state index in [0.29, 0.717) is 0 Å². The smallest absolute Gasteiger partial charge is 0.252 e. The Morgan fingerprint density at radius 2 is 1.65 bits per heavy atom. The van der Waals surface area contributed by atoms with Gasteiger partial charge in [-0.25, -0.2) is 8.78 Å². The highest BCUT2D eigenvalue weighted by molar-refractivity contribution is 6.32. The second kappa shape index (κ2) is 12.6. The number of carbonyl (C=O) groups is 5. The number of benzene rings is 3. The molecule has 5 rings (SSSR count). The molecule has 1 saturated carbocycles. The molecule has 236 valence electrons. The summed E-state index contributed by atoms with van der Waals surface area (Å²) < 4.78 is 27.5. The van der Waals surface area contributed by atoms with E-state index >= 15 is 0 Å². The van der Waals surface area contributed by atoms with E-state index in [4.69, 9.17) is 23.1 Å². The molecule has 0 radical (unpaired) electrons. The lowest BCUT2D eigenvalue weighted by atomic mass is 9.87. The highest BCUT2D eigenvalue weighted by atomic mass is 35.5. The Bertz CT molecular complexity index is 1770. The average molecular weight is 649 g/mol. The van der Waals surface area contributed by atoms with Gasteiger partial charge in [0.25, 0.3) is 11.8 Å². The van der Waals surface area contributed by atoms with Crippen molar-refractivity contribution in [3.8, 4) is 6.07 Å². The van der Waals surface area contributed by atoms with Gasteiger partial charge in [0.2, 0.25) is 23.6 Å². The molecule has 1 aliphatic heterocycles. The summed E-state index contributed by atoms with van der Waals surface area (Å²) in [5.74, 6) is -7.06. The molecule has 1 unspecified atom stereocenters. The van der Waals surface area contributed by atoms with Gasteiger partial charge in [-0.15, -0.1) is 0 Å². The van der Waals surface area contributed by atoms with Gasteiger partial charge >= 0.3 is 0 Å². The second-order valence-corrected chi connectivity index (χ2v) is 11.5. The van der Waals surface area contributed by atoms with Crippen molar-refractivity contribution in [1.82, 2.24) is 5.32 Å². The monoisotopic (exact) mass is 648 g/mol. The summed E-state index contributed by atoms with van der Waals surface area (Å²) in [4.78, 5) is 68.9. The lowest BCUT2D eigenvalue weighted by molar-refractivity contribution is -0.133. The number of alkyl halides is 2. The molecule has 2 atom stereocenters. The fourth-order valence-corrected chi connectivity index (χ4v) is 5.94. The van der Waals surface area contributed by atoms with Crippen LogP contribution >= 0.6 is 11.6 Å². The number of carbonyl (C=O) groups excluding carboxylic acids is 5. The van der Waals surface area contributed by atoms with Crippen LogP contribution in [0.15, 0.2) is 66.7 Å². The molecule has 5 N–H and O–H groups in total. The Morgan fingerprint density at radius 3 is 2.24 bits per heavy atom. The van der Waals surface area contributed by atoms with Crippen LogP contribution in [0.5, 0.6) is 0 Å². The molecule has 2 aliphatic rings. The van der Waals surface area contributed by atoms with Gasteiger partial charge in [0.05, 0.1) is 11.6 Å². The number of nitriles is 1. The molecule has 11 nitrogen and oxygen atoms in total.